The highest BCUT2D eigenvalue weighted by molar-refractivity contribution is 9.13. The molecule has 2 aromatic heterocycles. The molecule has 0 aliphatic carbocycles. The minimum Gasteiger partial charge on any atom is -0.465 e. The molecule has 2 N–H and O–H groups in total. The van der Waals surface area contributed by atoms with Gasteiger partial charge < -0.3 is 14.6 Å². The lowest BCUT2D eigenvalue weighted by Crippen LogP contribution is -2.29. The lowest BCUT2D eigenvalue weighted by atomic mass is 10.2. The summed E-state index contributed by atoms with van der Waals surface area (Å²) in [6.07, 6.45) is 0. The van der Waals surface area contributed by atoms with Crippen molar-refractivity contribution in [2.75, 3.05) is 13.6 Å². The average Bonchev–Trinajstić information content (AvgIpc) is 2.88. The summed E-state index contributed by atoms with van der Waals surface area (Å²) < 4.78 is 12.8. The average molecular weight is 392 g/mol. The van der Waals surface area contributed by atoms with Crippen molar-refractivity contribution < 1.29 is 8.83 Å². The van der Waals surface area contributed by atoms with Gasteiger partial charge in [0.15, 0.2) is 4.67 Å². The zero-order valence-electron chi connectivity index (χ0n) is 10.8. The Kier molecular flexibility index (Phi) is 4.89. The van der Waals surface area contributed by atoms with Gasteiger partial charge in [0, 0.05) is 6.54 Å². The molecule has 104 valence electrons. The lowest BCUT2D eigenvalue weighted by Gasteiger charge is -2.24. The number of rotatable bonds is 5. The van der Waals surface area contributed by atoms with Gasteiger partial charge in [0.1, 0.15) is 17.3 Å². The Morgan fingerprint density at radius 1 is 1.32 bits per heavy atom. The molecule has 0 saturated heterocycles. The summed E-state index contributed by atoms with van der Waals surface area (Å²) >= 11 is 6.76. The highest BCUT2D eigenvalue weighted by Crippen LogP contribution is 2.32. The second-order valence-corrected chi connectivity index (χ2v) is 6.02. The normalized spacial score (nSPS) is 13.2. The second kappa shape index (κ2) is 6.26. The van der Waals surface area contributed by atoms with E-state index in [-0.39, 0.29) is 6.04 Å². The Labute approximate surface area is 129 Å². The predicted octanol–water partition coefficient (Wildman–Crippen LogP) is 3.84. The van der Waals surface area contributed by atoms with Gasteiger partial charge in [0.2, 0.25) is 0 Å². The first-order valence-electron chi connectivity index (χ1n) is 5.91. The smallest absolute Gasteiger partial charge is 0.183 e. The van der Waals surface area contributed by atoms with E-state index >= 15 is 0 Å². The molecule has 6 heteroatoms. The fourth-order valence-corrected chi connectivity index (χ4v) is 2.57. The summed E-state index contributed by atoms with van der Waals surface area (Å²) in [5, 5.41) is 0. The van der Waals surface area contributed by atoms with Crippen LogP contribution in [0.15, 0.2) is 36.2 Å². The van der Waals surface area contributed by atoms with Crippen LogP contribution in [0.2, 0.25) is 0 Å². The van der Waals surface area contributed by atoms with Gasteiger partial charge in [-0.1, -0.05) is 0 Å². The lowest BCUT2D eigenvalue weighted by molar-refractivity contribution is 0.196. The Morgan fingerprint density at radius 3 is 2.53 bits per heavy atom. The van der Waals surface area contributed by atoms with Crippen LogP contribution in [-0.4, -0.2) is 18.5 Å². The molecule has 0 spiro atoms. The van der Waals surface area contributed by atoms with Crippen molar-refractivity contribution in [2.24, 2.45) is 5.73 Å². The number of hydrogen-bond acceptors (Lipinski definition) is 4. The first-order valence-corrected chi connectivity index (χ1v) is 7.50. The van der Waals surface area contributed by atoms with E-state index in [9.17, 15) is 0 Å². The van der Waals surface area contributed by atoms with E-state index in [2.05, 4.69) is 36.8 Å². The summed E-state index contributed by atoms with van der Waals surface area (Å²) in [5.74, 6) is 2.66. The minimum atomic E-state index is 0.00741. The number of furan rings is 2. The van der Waals surface area contributed by atoms with Crippen molar-refractivity contribution in [1.29, 1.82) is 0 Å². The fraction of sp³-hybridized carbons (Fsp3) is 0.385. The molecule has 2 aromatic rings. The van der Waals surface area contributed by atoms with Gasteiger partial charge in [0.05, 0.1) is 17.1 Å². The van der Waals surface area contributed by atoms with Crippen LogP contribution in [-0.2, 0) is 6.54 Å². The van der Waals surface area contributed by atoms with E-state index < -0.39 is 0 Å². The Hall–Kier alpha value is -0.560. The molecule has 2 rings (SSSR count). The van der Waals surface area contributed by atoms with Crippen LogP contribution in [0.4, 0.5) is 0 Å². The highest BCUT2D eigenvalue weighted by Gasteiger charge is 2.21. The molecule has 0 amide bonds. The third-order valence-electron chi connectivity index (χ3n) is 2.95. The van der Waals surface area contributed by atoms with E-state index in [1.165, 1.54) is 0 Å². The van der Waals surface area contributed by atoms with Crippen LogP contribution in [0.25, 0.3) is 0 Å². The predicted molar refractivity (Wildman–Crippen MR) is 80.8 cm³/mol. The largest absolute Gasteiger partial charge is 0.465 e. The molecular weight excluding hydrogens is 376 g/mol. The molecule has 0 aliphatic rings. The highest BCUT2D eigenvalue weighted by atomic mass is 79.9. The van der Waals surface area contributed by atoms with Gasteiger partial charge in [-0.15, -0.1) is 0 Å². The van der Waals surface area contributed by atoms with Crippen molar-refractivity contribution in [3.63, 3.8) is 0 Å². The minimum absolute atomic E-state index is 0.00741. The number of aryl methyl sites for hydroxylation is 1. The maximum atomic E-state index is 5.86. The SMILES string of the molecule is Cc1ccc(CN(C)C(CN)c2cc(Br)c(Br)o2)o1. The maximum absolute atomic E-state index is 5.86. The van der Waals surface area contributed by atoms with Gasteiger partial charge in [-0.2, -0.15) is 0 Å². The molecule has 0 saturated carbocycles. The maximum Gasteiger partial charge on any atom is 0.183 e. The second-order valence-electron chi connectivity index (χ2n) is 4.45. The van der Waals surface area contributed by atoms with Crippen LogP contribution < -0.4 is 5.73 Å². The van der Waals surface area contributed by atoms with E-state index in [1.807, 2.05) is 32.2 Å². The molecule has 1 atom stereocenters. The first kappa shape index (κ1) is 14.8. The van der Waals surface area contributed by atoms with Crippen molar-refractivity contribution in [3.05, 3.63) is 44.6 Å². The molecule has 1 unspecified atom stereocenters. The summed E-state index contributed by atoms with van der Waals surface area (Å²) in [7, 11) is 2.00. The topological polar surface area (TPSA) is 55.5 Å². The number of nitrogens with zero attached hydrogens (tertiary/aromatic N) is 1. The molecular formula is C13H16Br2N2O2. The van der Waals surface area contributed by atoms with Gasteiger partial charge in [-0.3, -0.25) is 4.90 Å². The van der Waals surface area contributed by atoms with Crippen molar-refractivity contribution in [1.82, 2.24) is 4.90 Å². The quantitative estimate of drug-likeness (QED) is 0.841. The van der Waals surface area contributed by atoms with Crippen LogP contribution >= 0.6 is 31.9 Å². The number of halogens is 2. The molecule has 0 bridgehead atoms. The summed E-state index contributed by atoms with van der Waals surface area (Å²) in [6, 6.07) is 5.88. The van der Waals surface area contributed by atoms with Gasteiger partial charge in [-0.25, -0.2) is 0 Å². The zero-order chi connectivity index (χ0) is 14.0. The summed E-state index contributed by atoms with van der Waals surface area (Å²) in [5.41, 5.74) is 5.86. The molecule has 0 fully saturated rings. The van der Waals surface area contributed by atoms with Crippen LogP contribution in [0.5, 0.6) is 0 Å². The fourth-order valence-electron chi connectivity index (χ4n) is 1.97. The van der Waals surface area contributed by atoms with Crippen molar-refractivity contribution in [2.45, 2.75) is 19.5 Å². The third kappa shape index (κ3) is 3.51. The monoisotopic (exact) mass is 390 g/mol. The van der Waals surface area contributed by atoms with Crippen LogP contribution in [0.3, 0.4) is 0 Å². The Balaban J connectivity index is 2.12. The van der Waals surface area contributed by atoms with Crippen LogP contribution in [0, 0.1) is 6.92 Å². The van der Waals surface area contributed by atoms with E-state index in [1.54, 1.807) is 0 Å². The van der Waals surface area contributed by atoms with Gasteiger partial charge in [-0.05, 0) is 64.0 Å². The molecule has 19 heavy (non-hydrogen) atoms. The van der Waals surface area contributed by atoms with Crippen molar-refractivity contribution in [3.8, 4) is 0 Å². The molecule has 4 nitrogen and oxygen atoms in total. The molecule has 0 radical (unpaired) electrons. The van der Waals surface area contributed by atoms with E-state index in [0.717, 1.165) is 21.8 Å². The van der Waals surface area contributed by atoms with Crippen molar-refractivity contribution >= 4 is 31.9 Å². The van der Waals surface area contributed by atoms with E-state index in [4.69, 9.17) is 14.6 Å². The zero-order valence-corrected chi connectivity index (χ0v) is 14.0. The summed E-state index contributed by atoms with van der Waals surface area (Å²) in [4.78, 5) is 2.11. The molecule has 2 heterocycles. The number of hydrogen-bond donors (Lipinski definition) is 1. The van der Waals surface area contributed by atoms with Crippen LogP contribution in [0.1, 0.15) is 23.3 Å². The Morgan fingerprint density at radius 2 is 2.05 bits per heavy atom. The van der Waals surface area contributed by atoms with Gasteiger partial charge >= 0.3 is 0 Å². The molecule has 0 aromatic carbocycles. The number of likely N-dealkylation sites (N-methyl/N-ethyl adjacent to an activating group) is 1. The number of nitrogens with two attached hydrogens (primary N) is 1. The standard InChI is InChI=1S/C13H16Br2N2O2/c1-8-3-4-9(18-8)7-17(2)11(6-16)12-5-10(14)13(15)19-12/h3-5,11H,6-7,16H2,1-2H3. The van der Waals surface area contributed by atoms with E-state index in [0.29, 0.717) is 17.8 Å². The Bertz CT molecular complexity index is 531. The molecule has 0 aliphatic heterocycles. The van der Waals surface area contributed by atoms with Gasteiger partial charge in [0.25, 0.3) is 0 Å². The first-order chi connectivity index (χ1) is 9.01. The third-order valence-corrected chi connectivity index (χ3v) is 4.66. The summed E-state index contributed by atoms with van der Waals surface area (Å²) in [6.45, 7) is 3.10.